The molecular formula is C8H6INS2. The minimum Gasteiger partial charge on any atom is -0.326 e. The third kappa shape index (κ3) is 1.40. The standard InChI is InChI=1S/C8H6INS2/c1-10-6-2-4-9-5-3-7(6)12-8(10)11/h2-3,5H,1H3. The molecule has 0 N–H and O–H groups in total. The first kappa shape index (κ1) is 8.56. The van der Waals surface area contributed by atoms with Crippen molar-refractivity contribution in [3.05, 3.63) is 18.6 Å². The van der Waals surface area contributed by atoms with E-state index in [1.165, 1.54) is 10.6 Å². The Bertz CT molecular complexity index is 458. The molecule has 1 aliphatic rings. The van der Waals surface area contributed by atoms with E-state index in [1.807, 2.05) is 11.6 Å². The fourth-order valence-electron chi connectivity index (χ4n) is 0.974. The fraction of sp³-hybridized carbons (Fsp3) is 0.125. The van der Waals surface area contributed by atoms with Crippen molar-refractivity contribution in [2.45, 2.75) is 0 Å². The predicted molar refractivity (Wildman–Crippen MR) is 66.6 cm³/mol. The average molecular weight is 307 g/mol. The van der Waals surface area contributed by atoms with Crippen LogP contribution in [0.1, 0.15) is 10.6 Å². The number of nitrogens with zero attached hydrogens (tertiary/aromatic N) is 1. The van der Waals surface area contributed by atoms with E-state index < -0.39 is 0 Å². The Balaban J connectivity index is 2.82. The maximum absolute atomic E-state index is 5.17. The highest BCUT2D eigenvalue weighted by molar-refractivity contribution is 14.2. The topological polar surface area (TPSA) is 4.93 Å². The van der Waals surface area contributed by atoms with Gasteiger partial charge in [0.15, 0.2) is 3.95 Å². The zero-order valence-corrected chi connectivity index (χ0v) is 10.2. The van der Waals surface area contributed by atoms with Gasteiger partial charge in [0, 0.05) is 13.1 Å². The Hall–Kier alpha value is -0.0300. The van der Waals surface area contributed by atoms with E-state index in [4.69, 9.17) is 12.2 Å². The molecule has 12 heavy (non-hydrogen) atoms. The van der Waals surface area contributed by atoms with Crippen LogP contribution in [0.25, 0.3) is 12.2 Å². The first-order chi connectivity index (χ1) is 5.79. The van der Waals surface area contributed by atoms with E-state index >= 15 is 0 Å². The lowest BCUT2D eigenvalue weighted by molar-refractivity contribution is 0.906. The minimum absolute atomic E-state index is 0.0156. The summed E-state index contributed by atoms with van der Waals surface area (Å²) in [6.07, 6.45) is 4.23. The molecule has 2 heterocycles. The molecule has 0 fully saturated rings. The van der Waals surface area contributed by atoms with Crippen molar-refractivity contribution >= 4 is 60.1 Å². The van der Waals surface area contributed by atoms with Crippen LogP contribution < -0.4 is 0 Å². The Morgan fingerprint density at radius 3 is 3.33 bits per heavy atom. The molecule has 0 unspecified atom stereocenters. The number of hydrogen-bond donors (Lipinski definition) is 0. The number of fused-ring (bicyclic) bond motifs is 1. The van der Waals surface area contributed by atoms with E-state index in [9.17, 15) is 0 Å². The first-order valence-electron chi connectivity index (χ1n) is 3.36. The first-order valence-corrected chi connectivity index (χ1v) is 6.91. The molecule has 0 bridgehead atoms. The van der Waals surface area contributed by atoms with Gasteiger partial charge in [0.05, 0.1) is 10.6 Å². The average Bonchev–Trinajstić information content (AvgIpc) is 2.30. The van der Waals surface area contributed by atoms with Gasteiger partial charge in [0.25, 0.3) is 0 Å². The predicted octanol–water partition coefficient (Wildman–Crippen LogP) is 3.19. The summed E-state index contributed by atoms with van der Waals surface area (Å²) in [5, 5.41) is 0. The number of hydrogen-bond acceptors (Lipinski definition) is 2. The Labute approximate surface area is 89.8 Å². The summed E-state index contributed by atoms with van der Waals surface area (Å²) in [5.74, 6) is 0. The second kappa shape index (κ2) is 3.38. The van der Waals surface area contributed by atoms with Crippen LogP contribution in [0.2, 0.25) is 0 Å². The molecular weight excluding hydrogens is 301 g/mol. The minimum atomic E-state index is 0.0156. The molecule has 0 radical (unpaired) electrons. The highest BCUT2D eigenvalue weighted by Gasteiger charge is 2.04. The SMILES string of the molecule is Cn1c2c(sc1=S)C=CI=C=C2. The van der Waals surface area contributed by atoms with Crippen molar-refractivity contribution < 1.29 is 0 Å². The van der Waals surface area contributed by atoms with E-state index in [-0.39, 0.29) is 20.7 Å². The Kier molecular flexibility index (Phi) is 2.41. The number of rotatable bonds is 0. The molecule has 0 saturated heterocycles. The quantitative estimate of drug-likeness (QED) is 0.526. The summed E-state index contributed by atoms with van der Waals surface area (Å²) >= 11 is 6.86. The van der Waals surface area contributed by atoms with Crippen molar-refractivity contribution in [3.8, 4) is 0 Å². The molecule has 4 heteroatoms. The lowest BCUT2D eigenvalue weighted by Gasteiger charge is -1.93. The van der Waals surface area contributed by atoms with Gasteiger partial charge in [-0.05, 0) is 43.1 Å². The third-order valence-corrected chi connectivity index (χ3v) is 4.54. The van der Waals surface area contributed by atoms with Gasteiger partial charge in [-0.15, -0.1) is 11.3 Å². The highest BCUT2D eigenvalue weighted by atomic mass is 127. The monoisotopic (exact) mass is 307 g/mol. The zero-order chi connectivity index (χ0) is 8.55. The van der Waals surface area contributed by atoms with Crippen molar-refractivity contribution in [3.63, 3.8) is 0 Å². The van der Waals surface area contributed by atoms with Crippen LogP contribution in [0.5, 0.6) is 0 Å². The number of thiazole rings is 1. The van der Waals surface area contributed by atoms with Crippen molar-refractivity contribution in [1.29, 1.82) is 0 Å². The van der Waals surface area contributed by atoms with Crippen LogP contribution in [-0.4, -0.2) is 8.23 Å². The van der Waals surface area contributed by atoms with Crippen LogP contribution in [-0.2, 0) is 7.05 Å². The van der Waals surface area contributed by atoms with Crippen molar-refractivity contribution in [1.82, 2.24) is 4.57 Å². The summed E-state index contributed by atoms with van der Waals surface area (Å²) in [6.45, 7) is 0. The molecule has 0 aromatic carbocycles. The maximum atomic E-state index is 5.17. The number of halogens is 1. The summed E-state index contributed by atoms with van der Waals surface area (Å²) in [5.41, 5.74) is 1.21. The molecule has 1 nitrogen and oxygen atoms in total. The van der Waals surface area contributed by atoms with E-state index in [0.29, 0.717) is 0 Å². The summed E-state index contributed by atoms with van der Waals surface area (Å²) in [7, 11) is 2.01. The van der Waals surface area contributed by atoms with Crippen LogP contribution in [0, 0.1) is 3.95 Å². The lowest BCUT2D eigenvalue weighted by atomic mass is 10.3. The lowest BCUT2D eigenvalue weighted by Crippen LogP contribution is -1.90. The van der Waals surface area contributed by atoms with E-state index in [1.54, 1.807) is 11.3 Å². The van der Waals surface area contributed by atoms with Crippen molar-refractivity contribution in [2.75, 3.05) is 0 Å². The largest absolute Gasteiger partial charge is 0.326 e. The maximum Gasteiger partial charge on any atom is 0.161 e. The van der Waals surface area contributed by atoms with Gasteiger partial charge in [-0.25, -0.2) is 0 Å². The van der Waals surface area contributed by atoms with Crippen LogP contribution in [0.15, 0.2) is 4.08 Å². The Morgan fingerprint density at radius 1 is 1.67 bits per heavy atom. The second-order valence-electron chi connectivity index (χ2n) is 2.33. The molecule has 62 valence electrons. The van der Waals surface area contributed by atoms with Gasteiger partial charge in [-0.1, -0.05) is 3.67 Å². The molecule has 0 aliphatic carbocycles. The van der Waals surface area contributed by atoms with E-state index in [0.717, 1.165) is 3.95 Å². The van der Waals surface area contributed by atoms with Gasteiger partial charge >= 0.3 is 0 Å². The van der Waals surface area contributed by atoms with E-state index in [2.05, 4.69) is 19.9 Å². The van der Waals surface area contributed by atoms with Gasteiger partial charge in [-0.2, -0.15) is 0 Å². The summed E-state index contributed by atoms with van der Waals surface area (Å²) in [6, 6.07) is 0. The smallest absolute Gasteiger partial charge is 0.161 e. The summed E-state index contributed by atoms with van der Waals surface area (Å²) in [4.78, 5) is 1.27. The Morgan fingerprint density at radius 2 is 2.50 bits per heavy atom. The summed E-state index contributed by atoms with van der Waals surface area (Å²) < 4.78 is 8.49. The van der Waals surface area contributed by atoms with Crippen LogP contribution in [0.3, 0.4) is 0 Å². The van der Waals surface area contributed by atoms with Crippen LogP contribution >= 0.6 is 44.3 Å². The second-order valence-corrected chi connectivity index (χ2v) is 5.97. The fourth-order valence-corrected chi connectivity index (χ4v) is 3.67. The van der Waals surface area contributed by atoms with Gasteiger partial charge in [-0.3, -0.25) is 0 Å². The molecule has 0 saturated carbocycles. The highest BCUT2D eigenvalue weighted by Crippen LogP contribution is 2.23. The molecule has 1 aromatic rings. The van der Waals surface area contributed by atoms with Crippen LogP contribution in [0.4, 0.5) is 0 Å². The molecule has 1 aromatic heterocycles. The molecule has 0 spiro atoms. The zero-order valence-electron chi connectivity index (χ0n) is 6.37. The molecule has 2 rings (SSSR count). The van der Waals surface area contributed by atoms with Gasteiger partial charge in [0.2, 0.25) is 0 Å². The van der Waals surface area contributed by atoms with Gasteiger partial charge < -0.3 is 4.57 Å². The van der Waals surface area contributed by atoms with Gasteiger partial charge in [0.1, 0.15) is 0 Å². The molecule has 0 amide bonds. The number of aromatic nitrogens is 1. The third-order valence-electron chi connectivity index (χ3n) is 1.62. The molecule has 1 aliphatic heterocycles. The normalized spacial score (nSPS) is 13.8. The van der Waals surface area contributed by atoms with Crippen molar-refractivity contribution in [2.24, 2.45) is 7.05 Å². The molecule has 0 atom stereocenters.